The third kappa shape index (κ3) is 3.36. The molecule has 0 spiro atoms. The number of ether oxygens (including phenoxy) is 1. The highest BCUT2D eigenvalue weighted by Crippen LogP contribution is 2.30. The van der Waals surface area contributed by atoms with Gasteiger partial charge in [0.25, 0.3) is 5.91 Å². The van der Waals surface area contributed by atoms with Gasteiger partial charge in [0.05, 0.1) is 30.2 Å². The number of hydrogen-bond donors (Lipinski definition) is 1. The summed E-state index contributed by atoms with van der Waals surface area (Å²) in [6.07, 6.45) is 4.91. The lowest BCUT2D eigenvalue weighted by Crippen LogP contribution is -2.30. The van der Waals surface area contributed by atoms with E-state index in [9.17, 15) is 9.90 Å². The van der Waals surface area contributed by atoms with Crippen LogP contribution in [0.5, 0.6) is 11.6 Å². The number of nitrogens with zero attached hydrogens (tertiary/aromatic N) is 2. The van der Waals surface area contributed by atoms with Crippen molar-refractivity contribution < 1.29 is 19.1 Å². The van der Waals surface area contributed by atoms with E-state index in [2.05, 4.69) is 4.99 Å². The molecule has 0 bridgehead atoms. The Morgan fingerprint density at radius 3 is 3.00 bits per heavy atom. The second kappa shape index (κ2) is 6.98. The Balaban J connectivity index is 1.74. The molecule has 2 aromatic heterocycles. The molecule has 3 heterocycles. The van der Waals surface area contributed by atoms with Crippen LogP contribution in [0.4, 0.5) is 0 Å². The SMILES string of the molecule is COc1ccc2c(c1)=NC(=O)C(=Cc1sc(=S)n(Cc3ccco3)c1O)C=2. The summed E-state index contributed by atoms with van der Waals surface area (Å²) in [4.78, 5) is 17.0. The highest BCUT2D eigenvalue weighted by molar-refractivity contribution is 7.73. The number of rotatable bonds is 4. The van der Waals surface area contributed by atoms with Crippen LogP contribution in [0.25, 0.3) is 12.2 Å². The van der Waals surface area contributed by atoms with Gasteiger partial charge < -0.3 is 14.3 Å². The molecule has 0 aliphatic carbocycles. The second-order valence-electron chi connectivity index (χ2n) is 5.81. The van der Waals surface area contributed by atoms with Gasteiger partial charge in [0, 0.05) is 16.9 Å². The van der Waals surface area contributed by atoms with Gasteiger partial charge in [-0.25, -0.2) is 4.99 Å². The average molecular weight is 398 g/mol. The van der Waals surface area contributed by atoms with Crippen molar-refractivity contribution in [3.05, 3.63) is 67.3 Å². The van der Waals surface area contributed by atoms with Crippen LogP contribution in [0, 0.1) is 3.95 Å². The molecule has 1 N–H and O–H groups in total. The van der Waals surface area contributed by atoms with Crippen molar-refractivity contribution in [2.75, 3.05) is 7.11 Å². The number of hydrogen-bond acceptors (Lipinski definition) is 6. The zero-order chi connectivity index (χ0) is 19.0. The number of fused-ring (bicyclic) bond motifs is 1. The largest absolute Gasteiger partial charge is 0.497 e. The van der Waals surface area contributed by atoms with E-state index >= 15 is 0 Å². The summed E-state index contributed by atoms with van der Waals surface area (Å²) >= 11 is 6.56. The predicted molar refractivity (Wildman–Crippen MR) is 104 cm³/mol. The molecule has 6 nitrogen and oxygen atoms in total. The normalized spacial score (nSPS) is 14.6. The molecule has 0 atom stereocenters. The first kappa shape index (κ1) is 17.4. The van der Waals surface area contributed by atoms with Crippen LogP contribution in [0.1, 0.15) is 10.6 Å². The number of benzene rings is 1. The lowest BCUT2D eigenvalue weighted by atomic mass is 10.1. The van der Waals surface area contributed by atoms with Crippen LogP contribution in [-0.4, -0.2) is 22.7 Å². The summed E-state index contributed by atoms with van der Waals surface area (Å²) in [5.74, 6) is 0.927. The smallest absolute Gasteiger partial charge is 0.277 e. The molecular formula is C19H14N2O4S2. The molecule has 1 amide bonds. The highest BCUT2D eigenvalue weighted by atomic mass is 32.1. The maximum atomic E-state index is 12.4. The molecule has 27 heavy (non-hydrogen) atoms. The van der Waals surface area contributed by atoms with Gasteiger partial charge in [0.15, 0.2) is 3.95 Å². The van der Waals surface area contributed by atoms with Gasteiger partial charge in [0.1, 0.15) is 11.5 Å². The Morgan fingerprint density at radius 2 is 2.26 bits per heavy atom. The number of amides is 1. The van der Waals surface area contributed by atoms with Gasteiger partial charge in [-0.2, -0.15) is 0 Å². The molecule has 0 radical (unpaired) electrons. The number of carbonyl (C=O) groups is 1. The second-order valence-corrected chi connectivity index (χ2v) is 7.48. The van der Waals surface area contributed by atoms with Crippen molar-refractivity contribution in [3.8, 4) is 11.6 Å². The standard InChI is InChI=1S/C19H14N2O4S2/c1-24-13-5-4-11-7-12(17(22)20-15(11)9-13)8-16-18(23)21(19(26)27-16)10-14-3-2-6-25-14/h2-9,23H,10H2,1H3. The summed E-state index contributed by atoms with van der Waals surface area (Å²) in [5, 5.41) is 11.9. The summed E-state index contributed by atoms with van der Waals surface area (Å²) in [6.45, 7) is 0.321. The molecule has 3 aromatic rings. The molecule has 1 aromatic carbocycles. The topological polar surface area (TPSA) is 77.0 Å². The summed E-state index contributed by atoms with van der Waals surface area (Å²) in [5.41, 5.74) is 0.379. The van der Waals surface area contributed by atoms with E-state index in [4.69, 9.17) is 21.4 Å². The molecule has 0 saturated carbocycles. The minimum absolute atomic E-state index is 0.00405. The predicted octanol–water partition coefficient (Wildman–Crippen LogP) is 2.66. The lowest BCUT2D eigenvalue weighted by Gasteiger charge is -2.05. The average Bonchev–Trinajstić information content (AvgIpc) is 3.26. The minimum atomic E-state index is -0.382. The Kier molecular flexibility index (Phi) is 4.51. The number of methoxy groups -OCH3 is 1. The molecule has 0 fully saturated rings. The van der Waals surface area contributed by atoms with Crippen LogP contribution in [-0.2, 0) is 11.3 Å². The fourth-order valence-corrected chi connectivity index (χ4v) is 3.98. The fraction of sp³-hybridized carbons (Fsp3) is 0.105. The van der Waals surface area contributed by atoms with Crippen LogP contribution < -0.4 is 15.3 Å². The van der Waals surface area contributed by atoms with Crippen LogP contribution in [0.3, 0.4) is 0 Å². The van der Waals surface area contributed by atoms with E-state index in [1.54, 1.807) is 54.4 Å². The lowest BCUT2D eigenvalue weighted by molar-refractivity contribution is -0.114. The number of thiazole rings is 1. The zero-order valence-electron chi connectivity index (χ0n) is 14.2. The van der Waals surface area contributed by atoms with E-state index < -0.39 is 0 Å². The van der Waals surface area contributed by atoms with E-state index in [0.717, 1.165) is 5.22 Å². The van der Waals surface area contributed by atoms with Gasteiger partial charge in [-0.1, -0.05) is 0 Å². The number of aromatic nitrogens is 1. The minimum Gasteiger partial charge on any atom is -0.497 e. The molecule has 0 unspecified atom stereocenters. The molecular weight excluding hydrogens is 384 g/mol. The van der Waals surface area contributed by atoms with Crippen molar-refractivity contribution in [1.29, 1.82) is 0 Å². The van der Waals surface area contributed by atoms with Crippen molar-refractivity contribution >= 4 is 41.6 Å². The number of aromatic hydroxyl groups is 1. The van der Waals surface area contributed by atoms with Crippen LogP contribution in [0.15, 0.2) is 51.6 Å². The van der Waals surface area contributed by atoms with Gasteiger partial charge in [-0.3, -0.25) is 9.36 Å². The molecule has 0 saturated heterocycles. The molecule has 4 rings (SSSR count). The summed E-state index contributed by atoms with van der Waals surface area (Å²) in [7, 11) is 1.56. The van der Waals surface area contributed by atoms with E-state index in [-0.39, 0.29) is 11.8 Å². The van der Waals surface area contributed by atoms with Crippen molar-refractivity contribution in [2.24, 2.45) is 4.99 Å². The van der Waals surface area contributed by atoms with Crippen LogP contribution in [0.2, 0.25) is 0 Å². The maximum Gasteiger partial charge on any atom is 0.277 e. The van der Waals surface area contributed by atoms with Gasteiger partial charge >= 0.3 is 0 Å². The monoisotopic (exact) mass is 398 g/mol. The first-order chi connectivity index (χ1) is 13.0. The first-order valence-corrected chi connectivity index (χ1v) is 9.23. The Morgan fingerprint density at radius 1 is 1.41 bits per heavy atom. The summed E-state index contributed by atoms with van der Waals surface area (Å²) < 4.78 is 12.5. The van der Waals surface area contributed by atoms with Crippen molar-refractivity contribution in [3.63, 3.8) is 0 Å². The third-order valence-electron chi connectivity index (χ3n) is 4.09. The Labute approximate surface area is 163 Å². The fourth-order valence-electron chi connectivity index (χ4n) is 2.72. The Bertz CT molecular complexity index is 1230. The molecule has 8 heteroatoms. The van der Waals surface area contributed by atoms with Crippen molar-refractivity contribution in [1.82, 2.24) is 4.57 Å². The van der Waals surface area contributed by atoms with Gasteiger partial charge in [0.2, 0.25) is 5.88 Å². The molecule has 1 aliphatic rings. The molecule has 1 aliphatic heterocycles. The first-order valence-electron chi connectivity index (χ1n) is 8.00. The van der Waals surface area contributed by atoms with E-state index in [1.807, 2.05) is 6.07 Å². The third-order valence-corrected chi connectivity index (χ3v) is 5.48. The quantitative estimate of drug-likeness (QED) is 0.540. The van der Waals surface area contributed by atoms with Gasteiger partial charge in [-0.15, -0.1) is 11.3 Å². The number of carbonyl (C=O) groups excluding carboxylic acids is 1. The highest BCUT2D eigenvalue weighted by Gasteiger charge is 2.16. The van der Waals surface area contributed by atoms with E-state index in [1.165, 1.54) is 11.3 Å². The maximum absolute atomic E-state index is 12.4. The zero-order valence-corrected chi connectivity index (χ0v) is 15.8. The molecule has 136 valence electrons. The van der Waals surface area contributed by atoms with Crippen molar-refractivity contribution in [2.45, 2.75) is 6.54 Å². The summed E-state index contributed by atoms with van der Waals surface area (Å²) in [6, 6.07) is 8.93. The van der Waals surface area contributed by atoms with Crippen LogP contribution >= 0.6 is 23.6 Å². The Hall–Kier alpha value is -2.97. The van der Waals surface area contributed by atoms with Gasteiger partial charge in [-0.05, 0) is 48.6 Å². The number of furan rings is 1. The van der Waals surface area contributed by atoms with E-state index in [0.29, 0.717) is 37.8 Å².